The van der Waals surface area contributed by atoms with Crippen molar-refractivity contribution < 1.29 is 4.74 Å². The number of aliphatic imine (C=N–C) groups is 1. The summed E-state index contributed by atoms with van der Waals surface area (Å²) in [6.45, 7) is 9.90. The Morgan fingerprint density at radius 2 is 1.88 bits per heavy atom. The highest BCUT2D eigenvalue weighted by Gasteiger charge is 2.65. The van der Waals surface area contributed by atoms with Crippen LogP contribution in [0.3, 0.4) is 0 Å². The fourth-order valence-corrected chi connectivity index (χ4v) is 6.15. The first-order chi connectivity index (χ1) is 12.8. The van der Waals surface area contributed by atoms with Gasteiger partial charge in [-0.15, -0.1) is 0 Å². The maximum atomic E-state index is 6.14. The molecule has 0 radical (unpaired) electrons. The summed E-state index contributed by atoms with van der Waals surface area (Å²) in [7, 11) is 0. The van der Waals surface area contributed by atoms with E-state index >= 15 is 0 Å². The van der Waals surface area contributed by atoms with Crippen molar-refractivity contribution in [3.8, 4) is 0 Å². The summed E-state index contributed by atoms with van der Waals surface area (Å²) in [5.74, 6) is 1.76. The van der Waals surface area contributed by atoms with Crippen LogP contribution in [-0.2, 0) is 4.74 Å². The van der Waals surface area contributed by atoms with Crippen LogP contribution in [0.4, 0.5) is 0 Å². The molecule has 5 nitrogen and oxygen atoms in total. The largest absolute Gasteiger partial charge is 0.377 e. The fraction of sp³-hybridized carbons (Fsp3) is 0.952. The number of guanidine groups is 1. The van der Waals surface area contributed by atoms with Gasteiger partial charge in [0, 0.05) is 49.7 Å². The number of hydrogen-bond acceptors (Lipinski definition) is 3. The molecule has 0 bridgehead atoms. The Bertz CT molecular complexity index is 494. The lowest BCUT2D eigenvalue weighted by atomic mass is 9.54. The molecule has 0 amide bonds. The molecule has 0 aromatic heterocycles. The van der Waals surface area contributed by atoms with Gasteiger partial charge < -0.3 is 20.3 Å². The normalized spacial score (nSPS) is 34.7. The van der Waals surface area contributed by atoms with E-state index in [2.05, 4.69) is 29.4 Å². The van der Waals surface area contributed by atoms with Gasteiger partial charge in [-0.05, 0) is 52.0 Å². The highest BCUT2D eigenvalue weighted by atomic mass is 16.5. The second-order valence-corrected chi connectivity index (χ2v) is 8.89. The van der Waals surface area contributed by atoms with Crippen molar-refractivity contribution in [2.75, 3.05) is 32.8 Å². The van der Waals surface area contributed by atoms with Crippen LogP contribution in [0.5, 0.6) is 0 Å². The Morgan fingerprint density at radius 3 is 2.58 bits per heavy atom. The van der Waals surface area contributed by atoms with Crippen molar-refractivity contribution in [1.82, 2.24) is 15.5 Å². The summed E-state index contributed by atoms with van der Waals surface area (Å²) in [6.07, 6.45) is 10.9. The Labute approximate surface area is 159 Å². The zero-order valence-corrected chi connectivity index (χ0v) is 16.8. The molecule has 5 heteroatoms. The number of rotatable bonds is 5. The third kappa shape index (κ3) is 3.37. The van der Waals surface area contributed by atoms with Crippen LogP contribution in [0, 0.1) is 11.3 Å². The SMILES string of the molecule is CCCN1CCC(NC(=NCC)NC2C3CCOC3C23CCCC3)CC1. The third-order valence-electron chi connectivity index (χ3n) is 7.36. The molecular weight excluding hydrogens is 324 g/mol. The van der Waals surface area contributed by atoms with Gasteiger partial charge in [-0.2, -0.15) is 0 Å². The Balaban J connectivity index is 1.36. The lowest BCUT2D eigenvalue weighted by Crippen LogP contribution is -2.69. The van der Waals surface area contributed by atoms with Gasteiger partial charge in [-0.3, -0.25) is 4.99 Å². The summed E-state index contributed by atoms with van der Waals surface area (Å²) < 4.78 is 6.14. The Kier molecular flexibility index (Phi) is 5.75. The van der Waals surface area contributed by atoms with Crippen LogP contribution in [0.2, 0.25) is 0 Å². The minimum absolute atomic E-state index is 0.391. The number of likely N-dealkylation sites (tertiary alicyclic amines) is 1. The molecular formula is C21H38N4O. The number of piperidine rings is 1. The molecule has 2 N–H and O–H groups in total. The lowest BCUT2D eigenvalue weighted by Gasteiger charge is -2.57. The first-order valence-electron chi connectivity index (χ1n) is 11.2. The zero-order valence-electron chi connectivity index (χ0n) is 16.8. The molecule has 148 valence electrons. The maximum absolute atomic E-state index is 6.14. The van der Waals surface area contributed by atoms with Crippen LogP contribution in [-0.4, -0.2) is 61.8 Å². The molecule has 2 saturated carbocycles. The second kappa shape index (κ2) is 8.05. The van der Waals surface area contributed by atoms with E-state index in [1.807, 2.05) is 0 Å². The van der Waals surface area contributed by atoms with Gasteiger partial charge >= 0.3 is 0 Å². The Hall–Kier alpha value is -0.810. The molecule has 3 unspecified atom stereocenters. The van der Waals surface area contributed by atoms with E-state index in [0.29, 0.717) is 29.5 Å². The van der Waals surface area contributed by atoms with Gasteiger partial charge in [0.15, 0.2) is 5.96 Å². The predicted octanol–water partition coefficient (Wildman–Crippen LogP) is 2.76. The van der Waals surface area contributed by atoms with Crippen molar-refractivity contribution >= 4 is 5.96 Å². The average Bonchev–Trinajstić information content (AvgIpc) is 3.30. The lowest BCUT2D eigenvalue weighted by molar-refractivity contribution is -0.125. The third-order valence-corrected chi connectivity index (χ3v) is 7.36. The van der Waals surface area contributed by atoms with Crippen molar-refractivity contribution in [2.24, 2.45) is 16.3 Å². The first kappa shape index (κ1) is 18.5. The molecule has 4 aliphatic rings. The molecule has 4 fully saturated rings. The van der Waals surface area contributed by atoms with Crippen molar-refractivity contribution in [3.05, 3.63) is 0 Å². The van der Waals surface area contributed by atoms with Gasteiger partial charge in [0.1, 0.15) is 0 Å². The van der Waals surface area contributed by atoms with E-state index in [-0.39, 0.29) is 0 Å². The van der Waals surface area contributed by atoms with Crippen molar-refractivity contribution in [2.45, 2.75) is 83.4 Å². The number of hydrogen-bond donors (Lipinski definition) is 2. The molecule has 2 aliphatic heterocycles. The highest BCUT2D eigenvalue weighted by molar-refractivity contribution is 5.80. The highest BCUT2D eigenvalue weighted by Crippen LogP contribution is 2.60. The maximum Gasteiger partial charge on any atom is 0.191 e. The number of nitrogens with zero attached hydrogens (tertiary/aromatic N) is 2. The standard InChI is InChI=1S/C21H38N4O/c1-3-12-25-13-7-16(8-14-25)23-20(22-4-2)24-18-17-9-15-26-19(17)21(18)10-5-6-11-21/h16-19H,3-15H2,1-2H3,(H2,22,23,24). The van der Waals surface area contributed by atoms with Gasteiger partial charge in [0.2, 0.25) is 0 Å². The molecule has 0 aromatic rings. The predicted molar refractivity (Wildman–Crippen MR) is 107 cm³/mol. The van der Waals surface area contributed by atoms with E-state index in [1.54, 1.807) is 0 Å². The van der Waals surface area contributed by atoms with E-state index in [1.165, 1.54) is 71.0 Å². The fourth-order valence-electron chi connectivity index (χ4n) is 6.15. The number of fused-ring (bicyclic) bond motifs is 2. The molecule has 2 saturated heterocycles. The number of nitrogens with one attached hydrogen (secondary N) is 2. The van der Waals surface area contributed by atoms with Gasteiger partial charge in [-0.25, -0.2) is 0 Å². The van der Waals surface area contributed by atoms with Crippen molar-refractivity contribution in [3.63, 3.8) is 0 Å². The van der Waals surface area contributed by atoms with E-state index in [9.17, 15) is 0 Å². The van der Waals surface area contributed by atoms with Gasteiger partial charge in [0.25, 0.3) is 0 Å². The van der Waals surface area contributed by atoms with Crippen LogP contribution < -0.4 is 10.6 Å². The summed E-state index contributed by atoms with van der Waals surface area (Å²) in [6, 6.07) is 1.13. The van der Waals surface area contributed by atoms with E-state index < -0.39 is 0 Å². The van der Waals surface area contributed by atoms with Crippen molar-refractivity contribution in [1.29, 1.82) is 0 Å². The second-order valence-electron chi connectivity index (χ2n) is 8.89. The van der Waals surface area contributed by atoms with Gasteiger partial charge in [-0.1, -0.05) is 19.8 Å². The summed E-state index contributed by atoms with van der Waals surface area (Å²) in [5, 5.41) is 7.66. The monoisotopic (exact) mass is 362 g/mol. The molecule has 3 atom stereocenters. The van der Waals surface area contributed by atoms with E-state index in [4.69, 9.17) is 9.73 Å². The molecule has 2 aliphatic carbocycles. The molecule has 4 rings (SSSR count). The number of ether oxygens (including phenoxy) is 1. The quantitative estimate of drug-likeness (QED) is 0.583. The smallest absolute Gasteiger partial charge is 0.191 e. The van der Waals surface area contributed by atoms with Crippen LogP contribution in [0.1, 0.15) is 65.2 Å². The zero-order chi connectivity index (χ0) is 18.0. The summed E-state index contributed by atoms with van der Waals surface area (Å²) >= 11 is 0. The van der Waals surface area contributed by atoms with E-state index in [0.717, 1.165) is 19.1 Å². The minimum Gasteiger partial charge on any atom is -0.377 e. The topological polar surface area (TPSA) is 48.9 Å². The average molecular weight is 363 g/mol. The first-order valence-corrected chi connectivity index (χ1v) is 11.2. The van der Waals surface area contributed by atoms with Gasteiger partial charge in [0.05, 0.1) is 6.10 Å². The summed E-state index contributed by atoms with van der Waals surface area (Å²) in [5.41, 5.74) is 0.391. The minimum atomic E-state index is 0.391. The molecule has 2 heterocycles. The van der Waals surface area contributed by atoms with Crippen LogP contribution in [0.25, 0.3) is 0 Å². The molecule has 1 spiro atoms. The van der Waals surface area contributed by atoms with Crippen LogP contribution in [0.15, 0.2) is 4.99 Å². The van der Waals surface area contributed by atoms with Crippen LogP contribution >= 0.6 is 0 Å². The summed E-state index contributed by atoms with van der Waals surface area (Å²) in [4.78, 5) is 7.40. The Morgan fingerprint density at radius 1 is 1.12 bits per heavy atom. The molecule has 26 heavy (non-hydrogen) atoms. The molecule has 0 aromatic carbocycles.